The molecule has 0 fully saturated rings. The van der Waals surface area contributed by atoms with Crippen molar-refractivity contribution in [1.29, 1.82) is 0 Å². The van der Waals surface area contributed by atoms with E-state index in [1.54, 1.807) is 0 Å². The summed E-state index contributed by atoms with van der Waals surface area (Å²) in [5, 5.41) is 12.1. The van der Waals surface area contributed by atoms with Gasteiger partial charge in [-0.2, -0.15) is 0 Å². The summed E-state index contributed by atoms with van der Waals surface area (Å²) in [5.74, 6) is 1.91. The number of rotatable bonds is 6. The fourth-order valence-corrected chi connectivity index (χ4v) is 9.47. The quantitative estimate of drug-likeness (QED) is 0.124. The van der Waals surface area contributed by atoms with Gasteiger partial charge in [0.25, 0.3) is 0 Å². The van der Waals surface area contributed by atoms with Crippen LogP contribution in [0.3, 0.4) is 0 Å². The van der Waals surface area contributed by atoms with Crippen LogP contribution in [0.25, 0.3) is 121 Å². The molecule has 0 saturated carbocycles. The first kappa shape index (κ1) is 35.7. The Morgan fingerprint density at radius 3 is 1.15 bits per heavy atom. The lowest BCUT2D eigenvalue weighted by Crippen LogP contribution is -2.01. The maximum absolute atomic E-state index is 5.22. The molecule has 12 aromatic rings. The number of fused-ring (bicyclic) bond motifs is 6. The van der Waals surface area contributed by atoms with Gasteiger partial charge in [0.2, 0.25) is 0 Å². The summed E-state index contributed by atoms with van der Waals surface area (Å²) in [4.78, 5) is 15.5. The zero-order valence-electron chi connectivity index (χ0n) is 33.7. The number of benzene rings is 11. The Labute approximate surface area is 359 Å². The van der Waals surface area contributed by atoms with Crippen molar-refractivity contribution in [3.63, 3.8) is 0 Å². The Hall–Kier alpha value is -8.27. The predicted octanol–water partition coefficient (Wildman–Crippen LogP) is 15.6. The topological polar surface area (TPSA) is 38.7 Å². The van der Waals surface area contributed by atoms with Gasteiger partial charge in [-0.3, -0.25) is 0 Å². The third-order valence-electron chi connectivity index (χ3n) is 12.3. The molecule has 3 nitrogen and oxygen atoms in total. The molecular weight excluding hydrogens is 751 g/mol. The molecule has 0 bridgehead atoms. The molecule has 288 valence electrons. The zero-order valence-corrected chi connectivity index (χ0v) is 33.7. The van der Waals surface area contributed by atoms with Gasteiger partial charge >= 0.3 is 0 Å². The van der Waals surface area contributed by atoms with Gasteiger partial charge in [0.1, 0.15) is 0 Å². The van der Waals surface area contributed by atoms with Crippen molar-refractivity contribution in [2.24, 2.45) is 0 Å². The summed E-state index contributed by atoms with van der Waals surface area (Å²) in [6.07, 6.45) is 0. The Balaban J connectivity index is 1.08. The van der Waals surface area contributed by atoms with Crippen LogP contribution in [0.1, 0.15) is 0 Å². The van der Waals surface area contributed by atoms with Crippen molar-refractivity contribution in [2.45, 2.75) is 0 Å². The van der Waals surface area contributed by atoms with Crippen LogP contribution in [-0.2, 0) is 0 Å². The van der Waals surface area contributed by atoms with Crippen molar-refractivity contribution in [3.8, 4) is 67.5 Å². The number of hydrogen-bond donors (Lipinski definition) is 0. The van der Waals surface area contributed by atoms with Crippen molar-refractivity contribution < 1.29 is 0 Å². The van der Waals surface area contributed by atoms with E-state index >= 15 is 0 Å². The maximum Gasteiger partial charge on any atom is 0.164 e. The Morgan fingerprint density at radius 1 is 0.210 bits per heavy atom. The molecule has 0 spiro atoms. The largest absolute Gasteiger partial charge is 0.208 e. The summed E-state index contributed by atoms with van der Waals surface area (Å²) in [5.41, 5.74) is 10.0. The van der Waals surface area contributed by atoms with Crippen molar-refractivity contribution in [2.75, 3.05) is 0 Å². The van der Waals surface area contributed by atoms with Crippen LogP contribution >= 0.6 is 0 Å². The first-order valence-corrected chi connectivity index (χ1v) is 21.1. The van der Waals surface area contributed by atoms with Gasteiger partial charge in [-0.15, -0.1) is 0 Å². The highest BCUT2D eigenvalue weighted by Crippen LogP contribution is 2.48. The van der Waals surface area contributed by atoms with Gasteiger partial charge in [-0.25, -0.2) is 15.0 Å². The SMILES string of the molecule is c1ccc(-c2ccc(-c3nc(-c4ccccc4)nc(-c4ccc(-c5c6ccccc6c(-c6cc7ccccc7c7ccccc67)c6ccccc56)c5ccccc45)n3)cc2)cc1. The highest BCUT2D eigenvalue weighted by Gasteiger charge is 2.22. The highest BCUT2D eigenvalue weighted by atomic mass is 15.0. The molecule has 0 atom stereocenters. The fraction of sp³-hybridized carbons (Fsp3) is 0. The standard InChI is InChI=1S/C59H37N3/c1-3-17-38(18-4-1)39-31-33-41(34-32-39)58-60-57(40-19-5-2-6-20-40)61-59(62-58)53-36-35-52(45-24-10-11-25-46(45)53)55-48-27-13-15-29-50(48)56(51-30-16-14-28-49(51)55)54-37-42-21-7-8-22-43(42)44-23-9-12-26-47(44)54/h1-37H. The molecule has 1 heterocycles. The molecule has 1 aromatic heterocycles. The molecule has 3 heteroatoms. The normalized spacial score (nSPS) is 11.5. The second-order valence-corrected chi connectivity index (χ2v) is 15.9. The van der Waals surface area contributed by atoms with E-state index in [-0.39, 0.29) is 0 Å². The second-order valence-electron chi connectivity index (χ2n) is 15.9. The molecule has 0 unspecified atom stereocenters. The number of nitrogens with zero attached hydrogens (tertiary/aromatic N) is 3. The van der Waals surface area contributed by atoms with Gasteiger partial charge in [-0.1, -0.05) is 212 Å². The lowest BCUT2D eigenvalue weighted by atomic mass is 9.82. The van der Waals surface area contributed by atoms with E-state index in [2.05, 4.69) is 200 Å². The van der Waals surface area contributed by atoms with Gasteiger partial charge in [0.05, 0.1) is 0 Å². The first-order valence-electron chi connectivity index (χ1n) is 21.1. The van der Waals surface area contributed by atoms with Crippen molar-refractivity contribution >= 4 is 53.9 Å². The second kappa shape index (κ2) is 14.8. The third kappa shape index (κ3) is 5.94. The highest BCUT2D eigenvalue weighted by molar-refractivity contribution is 6.27. The summed E-state index contributed by atoms with van der Waals surface area (Å²) in [6.45, 7) is 0. The monoisotopic (exact) mass is 787 g/mol. The van der Waals surface area contributed by atoms with Crippen LogP contribution in [0.4, 0.5) is 0 Å². The summed E-state index contributed by atoms with van der Waals surface area (Å²) in [7, 11) is 0. The van der Waals surface area contributed by atoms with Crippen LogP contribution in [0.2, 0.25) is 0 Å². The van der Waals surface area contributed by atoms with E-state index in [1.165, 1.54) is 70.9 Å². The van der Waals surface area contributed by atoms with E-state index < -0.39 is 0 Å². The minimum Gasteiger partial charge on any atom is -0.208 e. The zero-order chi connectivity index (χ0) is 41.0. The predicted molar refractivity (Wildman–Crippen MR) is 260 cm³/mol. The molecule has 12 rings (SSSR count). The van der Waals surface area contributed by atoms with Gasteiger partial charge in [0, 0.05) is 16.7 Å². The average Bonchev–Trinajstić information content (AvgIpc) is 3.35. The van der Waals surface area contributed by atoms with E-state index in [0.717, 1.165) is 33.0 Å². The van der Waals surface area contributed by atoms with Crippen LogP contribution < -0.4 is 0 Å². The van der Waals surface area contributed by atoms with Crippen LogP contribution in [0.5, 0.6) is 0 Å². The van der Waals surface area contributed by atoms with Crippen LogP contribution in [0.15, 0.2) is 224 Å². The molecular formula is C59H37N3. The van der Waals surface area contributed by atoms with Crippen molar-refractivity contribution in [1.82, 2.24) is 15.0 Å². The molecule has 0 saturated heterocycles. The third-order valence-corrected chi connectivity index (χ3v) is 12.3. The van der Waals surface area contributed by atoms with E-state index in [9.17, 15) is 0 Å². The summed E-state index contributed by atoms with van der Waals surface area (Å²) < 4.78 is 0. The summed E-state index contributed by atoms with van der Waals surface area (Å²) >= 11 is 0. The van der Waals surface area contributed by atoms with Gasteiger partial charge in [-0.05, 0) is 99.4 Å². The number of aromatic nitrogens is 3. The summed E-state index contributed by atoms with van der Waals surface area (Å²) in [6, 6.07) is 80.1. The Morgan fingerprint density at radius 2 is 0.565 bits per heavy atom. The van der Waals surface area contributed by atoms with Gasteiger partial charge < -0.3 is 0 Å². The van der Waals surface area contributed by atoms with E-state index in [4.69, 9.17) is 15.0 Å². The average molecular weight is 788 g/mol. The van der Waals surface area contributed by atoms with E-state index in [0.29, 0.717) is 17.5 Å². The lowest BCUT2D eigenvalue weighted by Gasteiger charge is -2.21. The molecule has 0 radical (unpaired) electrons. The van der Waals surface area contributed by atoms with Crippen LogP contribution in [-0.4, -0.2) is 15.0 Å². The lowest BCUT2D eigenvalue weighted by molar-refractivity contribution is 1.08. The maximum atomic E-state index is 5.22. The van der Waals surface area contributed by atoms with Crippen molar-refractivity contribution in [3.05, 3.63) is 224 Å². The van der Waals surface area contributed by atoms with Gasteiger partial charge in [0.15, 0.2) is 17.5 Å². The fourth-order valence-electron chi connectivity index (χ4n) is 9.47. The van der Waals surface area contributed by atoms with E-state index in [1.807, 2.05) is 24.3 Å². The van der Waals surface area contributed by atoms with Crippen LogP contribution in [0, 0.1) is 0 Å². The molecule has 11 aromatic carbocycles. The smallest absolute Gasteiger partial charge is 0.164 e. The molecule has 62 heavy (non-hydrogen) atoms. The molecule has 0 aliphatic carbocycles. The Bertz CT molecular complexity index is 3610. The number of hydrogen-bond acceptors (Lipinski definition) is 3. The molecule has 0 aliphatic heterocycles. The minimum absolute atomic E-state index is 0.635. The Kier molecular flexibility index (Phi) is 8.50. The molecule has 0 amide bonds. The molecule has 0 aliphatic rings. The minimum atomic E-state index is 0.635. The molecule has 0 N–H and O–H groups in total. The first-order chi connectivity index (χ1) is 30.8.